The summed E-state index contributed by atoms with van der Waals surface area (Å²) in [5.41, 5.74) is 6.21. The van der Waals surface area contributed by atoms with E-state index in [0.717, 1.165) is 23.1 Å². The number of hydrogen-bond acceptors (Lipinski definition) is 8. The Hall–Kier alpha value is -3.13. The number of nitrogens with zero attached hydrogens (tertiary/aromatic N) is 3. The van der Waals surface area contributed by atoms with E-state index in [4.69, 9.17) is 15.6 Å². The van der Waals surface area contributed by atoms with Crippen molar-refractivity contribution >= 4 is 46.7 Å². The lowest BCUT2D eigenvalue weighted by atomic mass is 10.2. The van der Waals surface area contributed by atoms with Gasteiger partial charge in [0.25, 0.3) is 11.1 Å². The van der Waals surface area contributed by atoms with Crippen LogP contribution >= 0.6 is 11.8 Å². The Morgan fingerprint density at radius 1 is 1.25 bits per heavy atom. The van der Waals surface area contributed by atoms with Gasteiger partial charge in [0, 0.05) is 50.9 Å². The summed E-state index contributed by atoms with van der Waals surface area (Å²) >= 11 is 0.884. The number of carboxylic acid groups (broad SMARTS) is 1. The van der Waals surface area contributed by atoms with Gasteiger partial charge in [0.15, 0.2) is 0 Å². The van der Waals surface area contributed by atoms with Crippen molar-refractivity contribution < 1.29 is 37.5 Å². The van der Waals surface area contributed by atoms with Crippen LogP contribution in [0.15, 0.2) is 23.2 Å². The third kappa shape index (κ3) is 6.95. The monoisotopic (exact) mass is 475 g/mol. The lowest BCUT2D eigenvalue weighted by molar-refractivity contribution is -0.192. The number of aromatic nitrogens is 1. The molecule has 0 unspecified atom stereocenters. The summed E-state index contributed by atoms with van der Waals surface area (Å²) in [5, 5.41) is 9.00. The molecule has 2 aliphatic heterocycles. The van der Waals surface area contributed by atoms with Crippen LogP contribution in [-0.2, 0) is 14.4 Å². The van der Waals surface area contributed by atoms with E-state index in [1.807, 2.05) is 11.0 Å². The number of imide groups is 1. The molecule has 2 aliphatic rings. The van der Waals surface area contributed by atoms with E-state index in [1.165, 1.54) is 0 Å². The van der Waals surface area contributed by atoms with E-state index in [-0.39, 0.29) is 17.1 Å². The van der Waals surface area contributed by atoms with Crippen LogP contribution in [0.25, 0.3) is 6.08 Å². The number of anilines is 1. The summed E-state index contributed by atoms with van der Waals surface area (Å²) in [6, 6.07) is 3.65. The molecule has 0 atom stereocenters. The van der Waals surface area contributed by atoms with Gasteiger partial charge in [-0.1, -0.05) is 0 Å². The first-order valence-electron chi connectivity index (χ1n) is 9.25. The summed E-state index contributed by atoms with van der Waals surface area (Å²) in [4.78, 5) is 52.6. The number of nitrogens with one attached hydrogen (secondary N) is 1. The molecule has 0 radical (unpaired) electrons. The van der Waals surface area contributed by atoms with Gasteiger partial charge in [0.2, 0.25) is 5.91 Å². The predicted molar refractivity (Wildman–Crippen MR) is 109 cm³/mol. The lowest BCUT2D eigenvalue weighted by Gasteiger charge is -2.36. The number of amides is 3. The number of carbonyl (C=O) groups is 4. The zero-order valence-electron chi connectivity index (χ0n) is 16.6. The number of rotatable bonds is 4. The molecular formula is C18H20F3N5O5S. The molecule has 14 heteroatoms. The van der Waals surface area contributed by atoms with Crippen LogP contribution in [0.2, 0.25) is 0 Å². The maximum absolute atomic E-state index is 11.9. The SMILES string of the molecule is NCCC(=O)N1CCN(c2ncccc2/C=C2\SC(=O)NC2=O)CC1.O=C(O)C(F)(F)F. The summed E-state index contributed by atoms with van der Waals surface area (Å²) < 4.78 is 31.7. The Bertz CT molecular complexity index is 917. The van der Waals surface area contributed by atoms with E-state index in [1.54, 1.807) is 18.3 Å². The lowest BCUT2D eigenvalue weighted by Crippen LogP contribution is -2.49. The van der Waals surface area contributed by atoms with Gasteiger partial charge in [-0.25, -0.2) is 9.78 Å². The zero-order valence-corrected chi connectivity index (χ0v) is 17.4. The number of aliphatic carboxylic acids is 1. The first-order valence-corrected chi connectivity index (χ1v) is 10.1. The molecule has 10 nitrogen and oxygen atoms in total. The maximum Gasteiger partial charge on any atom is 0.490 e. The van der Waals surface area contributed by atoms with E-state index >= 15 is 0 Å². The minimum Gasteiger partial charge on any atom is -0.475 e. The first kappa shape index (κ1) is 25.1. The molecule has 32 heavy (non-hydrogen) atoms. The molecule has 1 aromatic heterocycles. The van der Waals surface area contributed by atoms with Gasteiger partial charge in [-0.3, -0.25) is 19.7 Å². The second kappa shape index (κ2) is 10.9. The number of thioether (sulfide) groups is 1. The van der Waals surface area contributed by atoms with Gasteiger partial charge in [-0.2, -0.15) is 13.2 Å². The van der Waals surface area contributed by atoms with Gasteiger partial charge in [0.1, 0.15) is 5.82 Å². The van der Waals surface area contributed by atoms with Crippen LogP contribution in [0.3, 0.4) is 0 Å². The van der Waals surface area contributed by atoms with Crippen LogP contribution in [0.4, 0.5) is 23.8 Å². The fourth-order valence-corrected chi connectivity index (χ4v) is 3.47. The molecule has 3 heterocycles. The highest BCUT2D eigenvalue weighted by Gasteiger charge is 2.38. The number of nitrogens with two attached hydrogens (primary N) is 1. The van der Waals surface area contributed by atoms with Crippen LogP contribution in [0, 0.1) is 0 Å². The van der Waals surface area contributed by atoms with Gasteiger partial charge in [-0.05, 0) is 30.0 Å². The van der Waals surface area contributed by atoms with Gasteiger partial charge < -0.3 is 20.6 Å². The molecule has 1 aromatic rings. The topological polar surface area (TPSA) is 146 Å². The van der Waals surface area contributed by atoms with Crippen molar-refractivity contribution in [2.24, 2.45) is 5.73 Å². The average Bonchev–Trinajstić information content (AvgIpc) is 3.05. The number of hydrogen-bond donors (Lipinski definition) is 3. The van der Waals surface area contributed by atoms with Crippen molar-refractivity contribution in [3.8, 4) is 0 Å². The van der Waals surface area contributed by atoms with E-state index < -0.39 is 12.1 Å². The molecule has 0 aliphatic carbocycles. The number of halogens is 3. The fourth-order valence-electron chi connectivity index (χ4n) is 2.80. The second-order valence-corrected chi connectivity index (χ2v) is 7.49. The number of piperazine rings is 1. The Kier molecular flexibility index (Phi) is 8.60. The standard InChI is InChI=1S/C16H19N5O3S.C2HF3O2/c17-4-3-13(22)20-6-8-21(9-7-20)14-11(2-1-5-18-14)10-12-15(23)19-16(24)25-12;3-2(4,5)1(6)7/h1-2,5,10H,3-4,6-9,17H2,(H,19,23,24);(H,6,7)/b12-10-;. The molecule has 0 spiro atoms. The maximum atomic E-state index is 11.9. The van der Waals surface area contributed by atoms with Crippen LogP contribution in [0.5, 0.6) is 0 Å². The molecule has 174 valence electrons. The highest BCUT2D eigenvalue weighted by molar-refractivity contribution is 8.18. The number of carbonyl (C=O) groups excluding carboxylic acids is 3. The third-order valence-corrected chi connectivity index (χ3v) is 5.09. The predicted octanol–water partition coefficient (Wildman–Crippen LogP) is 1.04. The van der Waals surface area contributed by atoms with Crippen molar-refractivity contribution in [3.63, 3.8) is 0 Å². The van der Waals surface area contributed by atoms with Crippen molar-refractivity contribution in [2.45, 2.75) is 12.6 Å². The summed E-state index contributed by atoms with van der Waals surface area (Å²) in [5.74, 6) is -2.33. The van der Waals surface area contributed by atoms with Crippen LogP contribution in [-0.4, -0.2) is 76.9 Å². The average molecular weight is 475 g/mol. The molecule has 3 amide bonds. The minimum atomic E-state index is -5.08. The van der Waals surface area contributed by atoms with Crippen molar-refractivity contribution in [1.29, 1.82) is 0 Å². The highest BCUT2D eigenvalue weighted by Crippen LogP contribution is 2.29. The number of pyridine rings is 1. The van der Waals surface area contributed by atoms with Crippen molar-refractivity contribution in [3.05, 3.63) is 28.8 Å². The summed E-state index contributed by atoms with van der Waals surface area (Å²) in [6.45, 7) is 2.89. The van der Waals surface area contributed by atoms with E-state index in [9.17, 15) is 27.6 Å². The second-order valence-electron chi connectivity index (χ2n) is 6.48. The van der Waals surface area contributed by atoms with Crippen LogP contribution < -0.4 is 16.0 Å². The molecular weight excluding hydrogens is 455 g/mol. The van der Waals surface area contributed by atoms with Crippen molar-refractivity contribution in [2.75, 3.05) is 37.6 Å². The minimum absolute atomic E-state index is 0.0723. The highest BCUT2D eigenvalue weighted by atomic mass is 32.2. The van der Waals surface area contributed by atoms with Gasteiger partial charge >= 0.3 is 12.1 Å². The molecule has 4 N–H and O–H groups in total. The van der Waals surface area contributed by atoms with E-state index in [2.05, 4.69) is 15.2 Å². The Labute approximate surface area is 184 Å². The number of alkyl halides is 3. The zero-order chi connectivity index (χ0) is 23.9. The Morgan fingerprint density at radius 2 is 1.88 bits per heavy atom. The molecule has 0 bridgehead atoms. The van der Waals surface area contributed by atoms with Gasteiger partial charge in [0.05, 0.1) is 4.91 Å². The molecule has 2 saturated heterocycles. The first-order chi connectivity index (χ1) is 15.0. The fraction of sp³-hybridized carbons (Fsp3) is 0.389. The molecule has 0 aromatic carbocycles. The quantitative estimate of drug-likeness (QED) is 0.544. The van der Waals surface area contributed by atoms with Gasteiger partial charge in [-0.15, -0.1) is 0 Å². The largest absolute Gasteiger partial charge is 0.490 e. The van der Waals surface area contributed by atoms with Crippen LogP contribution in [0.1, 0.15) is 12.0 Å². The molecule has 0 saturated carbocycles. The smallest absolute Gasteiger partial charge is 0.475 e. The Balaban J connectivity index is 0.000000451. The molecule has 3 rings (SSSR count). The normalized spacial score (nSPS) is 17.7. The van der Waals surface area contributed by atoms with E-state index in [0.29, 0.717) is 44.0 Å². The summed E-state index contributed by atoms with van der Waals surface area (Å²) in [7, 11) is 0. The number of carboxylic acids is 1. The summed E-state index contributed by atoms with van der Waals surface area (Å²) in [6.07, 6.45) is -1.35. The molecule has 2 fully saturated rings. The Morgan fingerprint density at radius 3 is 2.38 bits per heavy atom. The van der Waals surface area contributed by atoms with Crippen molar-refractivity contribution in [1.82, 2.24) is 15.2 Å². The third-order valence-electron chi connectivity index (χ3n) is 4.28.